The molecule has 3 N–H and O–H groups in total. The second-order valence-electron chi connectivity index (χ2n) is 8.30. The fourth-order valence-corrected chi connectivity index (χ4v) is 3.74. The fraction of sp³-hybridized carbons (Fsp3) is 0.900. The normalized spacial score (nSPS) is 20.9. The number of carbonyl (C=O) groups excluding carboxylic acids is 1. The molecular weight excluding hydrogens is 342 g/mol. The maximum absolute atomic E-state index is 11.7. The van der Waals surface area contributed by atoms with Crippen molar-refractivity contribution in [2.24, 2.45) is 22.6 Å². The quantitative estimate of drug-likeness (QED) is 0.522. The highest BCUT2D eigenvalue weighted by Gasteiger charge is 2.24. The summed E-state index contributed by atoms with van der Waals surface area (Å²) in [6, 6.07) is 0.289. The Bertz CT molecular complexity index is 467. The van der Waals surface area contributed by atoms with Crippen molar-refractivity contribution in [2.75, 3.05) is 45.9 Å². The Hall–Kier alpha value is -1.50. The standard InChI is InChI=1S/C20H39N5O2/c1-4-27-20(26)25-13-8-18(9-14-25)23-19(21)22-15-17-6-11-24(12-7-17)10-5-16(2)3/h16-18H,4-15H2,1-3H3,(H3,21,22,23). The van der Waals surface area contributed by atoms with E-state index in [9.17, 15) is 4.79 Å². The Morgan fingerprint density at radius 2 is 1.85 bits per heavy atom. The van der Waals surface area contributed by atoms with Crippen molar-refractivity contribution in [1.29, 1.82) is 0 Å². The second-order valence-corrected chi connectivity index (χ2v) is 8.30. The van der Waals surface area contributed by atoms with Gasteiger partial charge in [0.2, 0.25) is 0 Å². The van der Waals surface area contributed by atoms with Crippen molar-refractivity contribution in [3.05, 3.63) is 0 Å². The maximum atomic E-state index is 11.7. The van der Waals surface area contributed by atoms with E-state index in [1.165, 1.54) is 38.9 Å². The minimum Gasteiger partial charge on any atom is -0.450 e. The van der Waals surface area contributed by atoms with Gasteiger partial charge in [0.15, 0.2) is 5.96 Å². The van der Waals surface area contributed by atoms with E-state index in [-0.39, 0.29) is 12.1 Å². The van der Waals surface area contributed by atoms with Gasteiger partial charge >= 0.3 is 6.09 Å². The second kappa shape index (κ2) is 11.4. The Kier molecular flexibility index (Phi) is 9.18. The van der Waals surface area contributed by atoms with E-state index >= 15 is 0 Å². The largest absolute Gasteiger partial charge is 0.450 e. The van der Waals surface area contributed by atoms with Crippen LogP contribution in [0.1, 0.15) is 52.9 Å². The molecule has 2 fully saturated rings. The van der Waals surface area contributed by atoms with Gasteiger partial charge in [-0.1, -0.05) is 13.8 Å². The summed E-state index contributed by atoms with van der Waals surface area (Å²) in [6.45, 7) is 12.7. The first kappa shape index (κ1) is 21.8. The number of carbonyl (C=O) groups is 1. The highest BCUT2D eigenvalue weighted by molar-refractivity contribution is 5.78. The molecule has 7 heteroatoms. The lowest BCUT2D eigenvalue weighted by Gasteiger charge is -2.32. The van der Waals surface area contributed by atoms with Gasteiger partial charge in [0.1, 0.15) is 0 Å². The molecule has 0 atom stereocenters. The number of rotatable bonds is 7. The molecule has 2 saturated heterocycles. The van der Waals surface area contributed by atoms with Gasteiger partial charge in [0.25, 0.3) is 0 Å². The first-order valence-corrected chi connectivity index (χ1v) is 10.7. The number of aliphatic imine (C=N–C) groups is 1. The topological polar surface area (TPSA) is 83.2 Å². The first-order valence-electron chi connectivity index (χ1n) is 10.7. The van der Waals surface area contributed by atoms with Crippen molar-refractivity contribution in [3.8, 4) is 0 Å². The predicted molar refractivity (Wildman–Crippen MR) is 110 cm³/mol. The number of nitrogens with zero attached hydrogens (tertiary/aromatic N) is 3. The van der Waals surface area contributed by atoms with Crippen LogP contribution in [0.2, 0.25) is 0 Å². The predicted octanol–water partition coefficient (Wildman–Crippen LogP) is 2.27. The van der Waals surface area contributed by atoms with Crippen LogP contribution in [0.5, 0.6) is 0 Å². The fourth-order valence-electron chi connectivity index (χ4n) is 3.74. The van der Waals surface area contributed by atoms with Crippen LogP contribution in [0.15, 0.2) is 4.99 Å². The van der Waals surface area contributed by atoms with E-state index < -0.39 is 0 Å². The van der Waals surface area contributed by atoms with E-state index in [0.29, 0.717) is 31.6 Å². The summed E-state index contributed by atoms with van der Waals surface area (Å²) < 4.78 is 5.05. The van der Waals surface area contributed by atoms with Crippen molar-refractivity contribution >= 4 is 12.1 Å². The third-order valence-corrected chi connectivity index (χ3v) is 5.62. The van der Waals surface area contributed by atoms with Crippen LogP contribution in [-0.4, -0.2) is 73.8 Å². The van der Waals surface area contributed by atoms with Crippen LogP contribution in [0, 0.1) is 11.8 Å². The van der Waals surface area contributed by atoms with Crippen LogP contribution in [0.3, 0.4) is 0 Å². The molecule has 0 aromatic carbocycles. The van der Waals surface area contributed by atoms with Gasteiger partial charge < -0.3 is 25.6 Å². The Labute approximate surface area is 164 Å². The maximum Gasteiger partial charge on any atom is 0.409 e. The third-order valence-electron chi connectivity index (χ3n) is 5.62. The molecule has 2 rings (SSSR count). The summed E-state index contributed by atoms with van der Waals surface area (Å²) in [6.07, 6.45) is 5.26. The molecule has 0 bridgehead atoms. The Balaban J connectivity index is 1.62. The number of amides is 1. The first-order chi connectivity index (χ1) is 13.0. The van der Waals surface area contributed by atoms with Gasteiger partial charge in [0, 0.05) is 25.7 Å². The molecule has 2 aliphatic rings. The lowest BCUT2D eigenvalue weighted by Crippen LogP contribution is -2.48. The SMILES string of the molecule is CCOC(=O)N1CCC(NC(N)=NCC2CCN(CCC(C)C)CC2)CC1. The van der Waals surface area contributed by atoms with E-state index in [1.54, 1.807) is 4.90 Å². The Morgan fingerprint density at radius 3 is 2.44 bits per heavy atom. The summed E-state index contributed by atoms with van der Waals surface area (Å²) in [4.78, 5) is 20.7. The minimum absolute atomic E-state index is 0.211. The molecule has 7 nitrogen and oxygen atoms in total. The highest BCUT2D eigenvalue weighted by atomic mass is 16.6. The average Bonchev–Trinajstić information content (AvgIpc) is 2.66. The minimum atomic E-state index is -0.211. The number of likely N-dealkylation sites (tertiary alicyclic amines) is 2. The van der Waals surface area contributed by atoms with Crippen LogP contribution >= 0.6 is 0 Å². The van der Waals surface area contributed by atoms with Crippen molar-refractivity contribution in [3.63, 3.8) is 0 Å². The zero-order valence-electron chi connectivity index (χ0n) is 17.5. The summed E-state index contributed by atoms with van der Waals surface area (Å²) in [5, 5.41) is 3.33. The Morgan fingerprint density at radius 1 is 1.19 bits per heavy atom. The lowest BCUT2D eigenvalue weighted by molar-refractivity contribution is 0.0963. The molecule has 156 valence electrons. The number of hydrogen-bond donors (Lipinski definition) is 2. The molecule has 27 heavy (non-hydrogen) atoms. The van der Waals surface area contributed by atoms with Crippen molar-refractivity contribution in [1.82, 2.24) is 15.1 Å². The molecule has 0 spiro atoms. The van der Waals surface area contributed by atoms with Crippen LogP contribution < -0.4 is 11.1 Å². The van der Waals surface area contributed by atoms with E-state index in [0.717, 1.165) is 25.3 Å². The summed E-state index contributed by atoms with van der Waals surface area (Å²) in [5.41, 5.74) is 6.10. The molecule has 0 unspecified atom stereocenters. The van der Waals surface area contributed by atoms with Crippen molar-refractivity contribution in [2.45, 2.75) is 58.9 Å². The molecule has 0 radical (unpaired) electrons. The molecule has 0 aromatic rings. The molecule has 0 saturated carbocycles. The van der Waals surface area contributed by atoms with Gasteiger partial charge in [-0.3, -0.25) is 4.99 Å². The molecule has 2 aliphatic heterocycles. The molecule has 0 aromatic heterocycles. The van der Waals surface area contributed by atoms with E-state index in [2.05, 4.69) is 29.1 Å². The number of hydrogen-bond acceptors (Lipinski definition) is 4. The zero-order chi connectivity index (χ0) is 19.6. The van der Waals surface area contributed by atoms with Gasteiger partial charge in [-0.15, -0.1) is 0 Å². The number of nitrogens with two attached hydrogens (primary N) is 1. The number of piperidine rings is 2. The van der Waals surface area contributed by atoms with Gasteiger partial charge in [0.05, 0.1) is 6.61 Å². The van der Waals surface area contributed by atoms with Crippen molar-refractivity contribution < 1.29 is 9.53 Å². The average molecular weight is 382 g/mol. The third kappa shape index (κ3) is 7.95. The highest BCUT2D eigenvalue weighted by Crippen LogP contribution is 2.18. The molecule has 0 aliphatic carbocycles. The molecule has 2 heterocycles. The number of ether oxygens (including phenoxy) is 1. The van der Waals surface area contributed by atoms with Crippen LogP contribution in [-0.2, 0) is 4.74 Å². The van der Waals surface area contributed by atoms with Gasteiger partial charge in [-0.2, -0.15) is 0 Å². The molecular formula is C20H39N5O2. The van der Waals surface area contributed by atoms with Gasteiger partial charge in [-0.25, -0.2) is 4.79 Å². The van der Waals surface area contributed by atoms with E-state index in [4.69, 9.17) is 10.5 Å². The lowest BCUT2D eigenvalue weighted by atomic mass is 9.96. The van der Waals surface area contributed by atoms with E-state index in [1.807, 2.05) is 6.92 Å². The number of guanidine groups is 1. The van der Waals surface area contributed by atoms with Crippen LogP contribution in [0.4, 0.5) is 4.79 Å². The van der Waals surface area contributed by atoms with Crippen LogP contribution in [0.25, 0.3) is 0 Å². The summed E-state index contributed by atoms with van der Waals surface area (Å²) in [7, 11) is 0. The van der Waals surface area contributed by atoms with Gasteiger partial charge in [-0.05, 0) is 70.5 Å². The number of nitrogens with one attached hydrogen (secondary N) is 1. The monoisotopic (exact) mass is 381 g/mol. The zero-order valence-corrected chi connectivity index (χ0v) is 17.5. The molecule has 1 amide bonds. The summed E-state index contributed by atoms with van der Waals surface area (Å²) in [5.74, 6) is 1.97. The smallest absolute Gasteiger partial charge is 0.409 e. The summed E-state index contributed by atoms with van der Waals surface area (Å²) >= 11 is 0.